The Labute approximate surface area is 256 Å². The Balaban J connectivity index is 0.00000139. The summed E-state index contributed by atoms with van der Waals surface area (Å²) in [4.78, 5) is 29.2. The van der Waals surface area contributed by atoms with E-state index in [4.69, 9.17) is 4.74 Å². The summed E-state index contributed by atoms with van der Waals surface area (Å²) in [6.07, 6.45) is 1.22. The summed E-state index contributed by atoms with van der Waals surface area (Å²) < 4.78 is 59.9. The molecule has 7 nitrogen and oxygen atoms in total. The van der Waals surface area contributed by atoms with Crippen LogP contribution in [0, 0.1) is 5.41 Å². The number of rotatable bonds is 18. The van der Waals surface area contributed by atoms with E-state index in [0.29, 0.717) is 19.4 Å². The number of fused-ring (bicyclic) bond motifs is 1. The molecule has 1 aliphatic rings. The third kappa shape index (κ3) is 14.1. The van der Waals surface area contributed by atoms with Gasteiger partial charge in [-0.3, -0.25) is 4.79 Å². The molecule has 0 aromatic carbocycles. The molecule has 0 saturated carbocycles. The zero-order valence-corrected chi connectivity index (χ0v) is 27.4. The molecule has 43 heavy (non-hydrogen) atoms. The number of halogens is 4. The van der Waals surface area contributed by atoms with Gasteiger partial charge < -0.3 is 20.5 Å². The number of carbonyl (C=O) groups is 2. The first kappa shape index (κ1) is 39.0. The normalized spacial score (nSPS) is 16.4. The minimum Gasteiger partial charge on any atom is -0.480 e. The van der Waals surface area contributed by atoms with Crippen LogP contribution in [0.25, 0.3) is 0 Å². The number of amides is 1. The maximum Gasteiger partial charge on any atom is 0.403 e. The number of alkyl halides is 4. The van der Waals surface area contributed by atoms with Gasteiger partial charge >= 0.3 is 12.1 Å². The predicted molar refractivity (Wildman–Crippen MR) is 166 cm³/mol. The highest BCUT2D eigenvalue weighted by Gasteiger charge is 2.59. The van der Waals surface area contributed by atoms with Crippen molar-refractivity contribution in [3.05, 3.63) is 23.4 Å². The highest BCUT2D eigenvalue weighted by Crippen LogP contribution is 2.46. The average Bonchev–Trinajstić information content (AvgIpc) is 2.94. The lowest BCUT2D eigenvalue weighted by atomic mass is 9.76. The largest absolute Gasteiger partial charge is 0.480 e. The third-order valence-corrected chi connectivity index (χ3v) is 8.04. The highest BCUT2D eigenvalue weighted by molar-refractivity contribution is 7.18. The first-order chi connectivity index (χ1) is 20.2. The standard InChI is InChI=1S/C27H42F3N3O4.C4H10FP/c1-3-5-7-16-26(15-4-2,27(28,29)30)25(36)33-22(24(34)35)14-19-37-18-8-6-11-21-13-12-20-10-9-17-31-23(20)32-21;1-3-4(2,5)6/h12-13,22H,3-11,14-19H2,1-2H3,(H,31,32)(H,33,36)(H,34,35);3,6H2,1-2H3. The van der Waals surface area contributed by atoms with Crippen molar-refractivity contribution in [3.8, 4) is 0 Å². The molecule has 0 saturated heterocycles. The fraction of sp³-hybridized carbons (Fsp3) is 0.774. The van der Waals surface area contributed by atoms with Gasteiger partial charge in [0.2, 0.25) is 5.91 Å². The van der Waals surface area contributed by atoms with Crippen LogP contribution in [0.5, 0.6) is 0 Å². The van der Waals surface area contributed by atoms with E-state index in [2.05, 4.69) is 30.9 Å². The SMILES string of the molecule is CCC(C)(F)P.CCCCCC(CCC)(C(=O)NC(CCOCCCCc1ccc2c(n1)NCCC2)C(=O)O)C(F)(F)F. The number of anilines is 1. The molecular weight excluding hydrogens is 585 g/mol. The second-order valence-electron chi connectivity index (χ2n) is 11.5. The molecule has 0 spiro atoms. The van der Waals surface area contributed by atoms with Crippen LogP contribution < -0.4 is 10.6 Å². The summed E-state index contributed by atoms with van der Waals surface area (Å²) in [7, 11) is 2.12. The number of nitrogens with one attached hydrogen (secondary N) is 2. The molecule has 4 atom stereocenters. The van der Waals surface area contributed by atoms with Crippen LogP contribution in [-0.2, 0) is 27.2 Å². The quantitative estimate of drug-likeness (QED) is 0.0870. The van der Waals surface area contributed by atoms with E-state index in [1.54, 1.807) is 6.92 Å². The predicted octanol–water partition coefficient (Wildman–Crippen LogP) is 7.62. The van der Waals surface area contributed by atoms with Crippen LogP contribution in [0.2, 0.25) is 0 Å². The van der Waals surface area contributed by atoms with Gasteiger partial charge in [0.1, 0.15) is 22.7 Å². The number of hydrogen-bond donors (Lipinski definition) is 3. The topological polar surface area (TPSA) is 101 Å². The molecule has 3 N–H and O–H groups in total. The molecule has 4 unspecified atom stereocenters. The van der Waals surface area contributed by atoms with Gasteiger partial charge in [-0.2, -0.15) is 13.2 Å². The van der Waals surface area contributed by atoms with Crippen LogP contribution in [-0.4, -0.2) is 59.4 Å². The molecule has 0 fully saturated rings. The Hall–Kier alpha value is -2.00. The molecule has 12 heteroatoms. The molecule has 1 aromatic rings. The highest BCUT2D eigenvalue weighted by atomic mass is 31.0. The summed E-state index contributed by atoms with van der Waals surface area (Å²) in [5.74, 6) is -1.66. The van der Waals surface area contributed by atoms with Crippen molar-refractivity contribution in [1.82, 2.24) is 10.3 Å². The second kappa shape index (κ2) is 19.4. The number of aliphatic carboxylic acids is 1. The maximum atomic E-state index is 14.1. The number of aryl methyl sites for hydroxylation is 2. The Bertz CT molecular complexity index is 975. The summed E-state index contributed by atoms with van der Waals surface area (Å²) in [6, 6.07) is 2.71. The summed E-state index contributed by atoms with van der Waals surface area (Å²) >= 11 is 0. The van der Waals surface area contributed by atoms with Crippen LogP contribution in [0.4, 0.5) is 23.4 Å². The average molecular weight is 638 g/mol. The number of hydrogen-bond acceptors (Lipinski definition) is 5. The van der Waals surface area contributed by atoms with Crippen molar-refractivity contribution in [2.75, 3.05) is 25.1 Å². The number of nitrogens with zero attached hydrogens (tertiary/aromatic N) is 1. The number of aromatic nitrogens is 1. The van der Waals surface area contributed by atoms with E-state index >= 15 is 0 Å². The van der Waals surface area contributed by atoms with Crippen LogP contribution in [0.3, 0.4) is 0 Å². The lowest BCUT2D eigenvalue weighted by Gasteiger charge is -2.35. The van der Waals surface area contributed by atoms with E-state index < -0.39 is 34.9 Å². The van der Waals surface area contributed by atoms with Gasteiger partial charge in [-0.05, 0) is 69.9 Å². The monoisotopic (exact) mass is 637 g/mol. The maximum absolute atomic E-state index is 14.1. The van der Waals surface area contributed by atoms with Gasteiger partial charge in [-0.25, -0.2) is 14.2 Å². The minimum atomic E-state index is -4.76. The van der Waals surface area contributed by atoms with Crippen molar-refractivity contribution in [1.29, 1.82) is 0 Å². The van der Waals surface area contributed by atoms with E-state index in [-0.39, 0.29) is 38.7 Å². The van der Waals surface area contributed by atoms with Gasteiger partial charge in [0.15, 0.2) is 0 Å². The zero-order valence-electron chi connectivity index (χ0n) is 26.3. The molecule has 0 radical (unpaired) electrons. The van der Waals surface area contributed by atoms with Crippen molar-refractivity contribution in [2.24, 2.45) is 5.41 Å². The van der Waals surface area contributed by atoms with Crippen molar-refractivity contribution >= 4 is 26.9 Å². The third-order valence-electron chi connectivity index (χ3n) is 7.63. The minimum absolute atomic E-state index is 0.0287. The summed E-state index contributed by atoms with van der Waals surface area (Å²) in [5, 5.41) is 14.0. The van der Waals surface area contributed by atoms with Crippen LogP contribution >= 0.6 is 9.24 Å². The molecule has 248 valence electrons. The van der Waals surface area contributed by atoms with E-state index in [0.717, 1.165) is 56.6 Å². The number of carboxylic acid groups (broad SMARTS) is 1. The molecule has 1 amide bonds. The lowest BCUT2D eigenvalue weighted by molar-refractivity contribution is -0.227. The van der Waals surface area contributed by atoms with Crippen LogP contribution in [0.1, 0.15) is 110 Å². The van der Waals surface area contributed by atoms with Gasteiger partial charge in [-0.15, -0.1) is 0 Å². The second-order valence-corrected chi connectivity index (χ2v) is 12.7. The number of carboxylic acids is 1. The zero-order chi connectivity index (χ0) is 32.5. The first-order valence-corrected chi connectivity index (χ1v) is 16.2. The number of pyridine rings is 1. The van der Waals surface area contributed by atoms with E-state index in [1.165, 1.54) is 12.5 Å². The van der Waals surface area contributed by atoms with Crippen molar-refractivity contribution in [3.63, 3.8) is 0 Å². The van der Waals surface area contributed by atoms with Gasteiger partial charge in [-0.1, -0.05) is 61.8 Å². The molecule has 0 bridgehead atoms. The molecule has 1 aliphatic heterocycles. The fourth-order valence-electron chi connectivity index (χ4n) is 4.74. The van der Waals surface area contributed by atoms with E-state index in [9.17, 15) is 32.3 Å². The summed E-state index contributed by atoms with van der Waals surface area (Å²) in [6.45, 7) is 8.17. The van der Waals surface area contributed by atoms with Gasteiger partial charge in [0.25, 0.3) is 0 Å². The Morgan fingerprint density at radius 3 is 2.35 bits per heavy atom. The van der Waals surface area contributed by atoms with Crippen molar-refractivity contribution < 1.29 is 37.0 Å². The van der Waals surface area contributed by atoms with Crippen molar-refractivity contribution in [2.45, 2.75) is 129 Å². The van der Waals surface area contributed by atoms with Crippen LogP contribution in [0.15, 0.2) is 12.1 Å². The first-order valence-electron chi connectivity index (χ1n) is 15.6. The molecule has 1 aromatic heterocycles. The fourth-order valence-corrected chi connectivity index (χ4v) is 4.74. The molecule has 2 heterocycles. The number of carbonyl (C=O) groups excluding carboxylic acids is 1. The number of ether oxygens (including phenoxy) is 1. The summed E-state index contributed by atoms with van der Waals surface area (Å²) in [5.41, 5.74) is -0.339. The molecule has 0 aliphatic carbocycles. The lowest BCUT2D eigenvalue weighted by Crippen LogP contribution is -2.55. The van der Waals surface area contributed by atoms with Gasteiger partial charge in [0.05, 0.1) is 0 Å². The molecule has 2 rings (SSSR count). The Kier molecular flexibility index (Phi) is 17.6. The number of unbranched alkanes of at least 4 members (excludes halogenated alkanes) is 3. The van der Waals surface area contributed by atoms with E-state index in [1.807, 2.05) is 19.9 Å². The Morgan fingerprint density at radius 2 is 1.77 bits per heavy atom. The van der Waals surface area contributed by atoms with Gasteiger partial charge in [0, 0.05) is 31.9 Å². The Morgan fingerprint density at radius 1 is 1.07 bits per heavy atom. The smallest absolute Gasteiger partial charge is 0.403 e. The molecular formula is C31H52F4N3O4P.